The highest BCUT2D eigenvalue weighted by Crippen LogP contribution is 2.24. The highest BCUT2D eigenvalue weighted by Gasteiger charge is 2.41. The monoisotopic (exact) mass is 302 g/mol. The topological polar surface area (TPSA) is 174 Å². The predicted octanol–water partition coefficient (Wildman–Crippen LogP) is -2.43. The molecule has 10 nitrogen and oxygen atoms in total. The summed E-state index contributed by atoms with van der Waals surface area (Å²) in [5.41, 5.74) is 17.5. The number of guanidine groups is 1. The Labute approximate surface area is 126 Å². The largest absolute Gasteiger partial charge is 0.480 e. The first-order valence-corrected chi connectivity index (χ1v) is 5.58. The average molecular weight is 302 g/mol. The number of carbonyl (C=O) groups is 2. The quantitative estimate of drug-likeness (QED) is 0.392. The Bertz CT molecular complexity index is 488. The third kappa shape index (κ3) is 4.90. The molecule has 0 bridgehead atoms. The fourth-order valence-corrected chi connectivity index (χ4v) is 1.58. The summed E-state index contributed by atoms with van der Waals surface area (Å²) in [6, 6.07) is -2.96. The Morgan fingerprint density at radius 3 is 2.50 bits per heavy atom. The summed E-state index contributed by atoms with van der Waals surface area (Å²) in [5.74, 6) is -5.21. The van der Waals surface area contributed by atoms with Crippen molar-refractivity contribution >= 4 is 17.8 Å². The molecule has 14 radical (unpaired) electrons. The van der Waals surface area contributed by atoms with Crippen LogP contribution >= 0.6 is 0 Å². The van der Waals surface area contributed by atoms with Crippen LogP contribution in [0.25, 0.3) is 0 Å². The van der Waals surface area contributed by atoms with E-state index < -0.39 is 47.9 Å². The molecule has 0 aromatic carbocycles. The maximum absolute atomic E-state index is 11.1. The normalized spacial score (nSPS) is 25.4. The van der Waals surface area contributed by atoms with Crippen LogP contribution in [0.3, 0.4) is 0 Å². The van der Waals surface area contributed by atoms with Crippen LogP contribution in [0.5, 0.6) is 0 Å². The van der Waals surface area contributed by atoms with E-state index >= 15 is 0 Å². The van der Waals surface area contributed by atoms with E-state index in [9.17, 15) is 24.9 Å². The third-order valence-electron chi connectivity index (χ3n) is 2.31. The molecule has 0 aromatic heterocycles. The van der Waals surface area contributed by atoms with Crippen LogP contribution < -0.4 is 16.8 Å². The Balaban J connectivity index is 3.16. The molecule has 0 spiro atoms. The lowest BCUT2D eigenvalue weighted by Gasteiger charge is -2.32. The van der Waals surface area contributed by atoms with E-state index in [1.54, 1.807) is 0 Å². The Morgan fingerprint density at radius 1 is 1.41 bits per heavy atom. The van der Waals surface area contributed by atoms with Crippen molar-refractivity contribution in [3.05, 3.63) is 31.8 Å². The second-order valence-corrected chi connectivity index (χ2v) is 3.85. The number of nitrogens with zero attached hydrogens (tertiary/aromatic N) is 4. The lowest BCUT2D eigenvalue weighted by Crippen LogP contribution is -2.51. The minimum absolute atomic E-state index is 0.923. The van der Waals surface area contributed by atoms with Crippen LogP contribution in [-0.2, 0) is 29.6 Å². The van der Waals surface area contributed by atoms with Crippen LogP contribution in [0, 0.1) is 26.0 Å². The van der Waals surface area contributed by atoms with Gasteiger partial charge in [0.1, 0.15) is 24.3 Å². The standard InChI is InChI=1S/C12H6N4O6/c1-5(18)15-10-7(16-12(13)14)3-9(11(20)21)22-8(10)2-6(19)4-17/h6-8,10H,1H2/t6-,7-,8-,10+/m0/s1. The SMILES string of the molecule is [CH2]C(=O)[N][C@@H]1[C@@H](N=C([N])[N])[C]=C(C([O])=O)O[C@H]1[C][C@H]([O])[C][O]. The Kier molecular flexibility index (Phi) is 6.13. The predicted molar refractivity (Wildman–Crippen MR) is 60.7 cm³/mol. The first-order valence-electron chi connectivity index (χ1n) is 5.58. The molecule has 1 amide bonds. The molecule has 10 heteroatoms. The van der Waals surface area contributed by atoms with Crippen LogP contribution in [0.4, 0.5) is 0 Å². The van der Waals surface area contributed by atoms with E-state index in [-0.39, 0.29) is 0 Å². The molecule has 4 atom stereocenters. The highest BCUT2D eigenvalue weighted by molar-refractivity contribution is 5.84. The maximum atomic E-state index is 11.1. The lowest BCUT2D eigenvalue weighted by molar-refractivity contribution is -0.144. The first-order chi connectivity index (χ1) is 10.2. The van der Waals surface area contributed by atoms with E-state index in [1.807, 2.05) is 6.42 Å². The second-order valence-electron chi connectivity index (χ2n) is 3.85. The molecular formula is C12H6N4O6. The zero-order chi connectivity index (χ0) is 16.9. The van der Waals surface area contributed by atoms with Crippen molar-refractivity contribution in [2.75, 3.05) is 0 Å². The van der Waals surface area contributed by atoms with Crippen molar-refractivity contribution in [2.24, 2.45) is 4.99 Å². The number of hydrogen-bond acceptors (Lipinski definition) is 4. The number of rotatable bonds is 6. The van der Waals surface area contributed by atoms with Gasteiger partial charge < -0.3 is 4.74 Å². The third-order valence-corrected chi connectivity index (χ3v) is 2.31. The van der Waals surface area contributed by atoms with Gasteiger partial charge in [-0.15, -0.1) is 11.5 Å². The van der Waals surface area contributed by atoms with E-state index in [2.05, 4.69) is 23.3 Å². The van der Waals surface area contributed by atoms with Gasteiger partial charge in [0.15, 0.2) is 0 Å². The summed E-state index contributed by atoms with van der Waals surface area (Å²) in [7, 11) is 0. The molecule has 0 aromatic rings. The fourth-order valence-electron chi connectivity index (χ4n) is 1.58. The molecule has 1 aliphatic heterocycles. The van der Waals surface area contributed by atoms with E-state index in [4.69, 9.17) is 16.2 Å². The minimum atomic E-state index is -2.14. The van der Waals surface area contributed by atoms with Gasteiger partial charge in [0.25, 0.3) is 5.96 Å². The second kappa shape index (κ2) is 7.61. The number of hydrogen-bond donors (Lipinski definition) is 0. The van der Waals surface area contributed by atoms with Gasteiger partial charge in [-0.05, 0) is 0 Å². The first kappa shape index (κ1) is 17.7. The van der Waals surface area contributed by atoms with Crippen LogP contribution in [0.1, 0.15) is 0 Å². The summed E-state index contributed by atoms with van der Waals surface area (Å²) in [6.07, 6.45) is 0.267. The highest BCUT2D eigenvalue weighted by atomic mass is 16.5. The minimum Gasteiger partial charge on any atom is -0.480 e. The van der Waals surface area contributed by atoms with Gasteiger partial charge >= 0.3 is 5.97 Å². The van der Waals surface area contributed by atoms with Gasteiger partial charge in [-0.2, -0.15) is 0 Å². The van der Waals surface area contributed by atoms with E-state index in [1.165, 1.54) is 0 Å². The average Bonchev–Trinajstić information content (AvgIpc) is 2.40. The van der Waals surface area contributed by atoms with Crippen molar-refractivity contribution in [2.45, 2.75) is 24.3 Å². The fraction of sp³-hybridized carbons (Fsp3) is 0.333. The van der Waals surface area contributed by atoms with Crippen molar-refractivity contribution in [3.8, 4) is 0 Å². The summed E-state index contributed by atoms with van der Waals surface area (Å²) in [5, 5.41) is 35.6. The summed E-state index contributed by atoms with van der Waals surface area (Å²) >= 11 is 0. The van der Waals surface area contributed by atoms with Crippen molar-refractivity contribution in [1.82, 2.24) is 16.8 Å². The van der Waals surface area contributed by atoms with Crippen molar-refractivity contribution < 1.29 is 29.6 Å². The zero-order valence-corrected chi connectivity index (χ0v) is 10.8. The molecule has 110 valence electrons. The van der Waals surface area contributed by atoms with Crippen LogP contribution in [-0.4, -0.2) is 42.1 Å². The molecule has 1 aliphatic rings. The zero-order valence-electron chi connectivity index (χ0n) is 10.8. The van der Waals surface area contributed by atoms with Crippen molar-refractivity contribution in [3.63, 3.8) is 0 Å². The van der Waals surface area contributed by atoms with E-state index in [0.29, 0.717) is 0 Å². The maximum Gasteiger partial charge on any atom is 0.420 e. The van der Waals surface area contributed by atoms with Gasteiger partial charge in [0.2, 0.25) is 18.3 Å². The molecular weight excluding hydrogens is 296 g/mol. The van der Waals surface area contributed by atoms with Gasteiger partial charge in [0, 0.05) is 13.0 Å². The molecule has 0 fully saturated rings. The molecule has 1 heterocycles. The van der Waals surface area contributed by atoms with Gasteiger partial charge in [-0.3, -0.25) is 4.79 Å². The summed E-state index contributed by atoms with van der Waals surface area (Å²) < 4.78 is 4.79. The molecule has 0 unspecified atom stereocenters. The smallest absolute Gasteiger partial charge is 0.420 e. The molecule has 0 saturated heterocycles. The summed E-state index contributed by atoms with van der Waals surface area (Å²) in [4.78, 5) is 25.0. The van der Waals surface area contributed by atoms with Crippen LogP contribution in [0.15, 0.2) is 10.8 Å². The van der Waals surface area contributed by atoms with Gasteiger partial charge in [-0.1, -0.05) is 0 Å². The van der Waals surface area contributed by atoms with Gasteiger partial charge in [-0.25, -0.2) is 30.4 Å². The number of aliphatic imine (C=N–C) groups is 1. The Hall–Kier alpha value is -2.33. The summed E-state index contributed by atoms with van der Waals surface area (Å²) in [6.45, 7) is 3.97. The Morgan fingerprint density at radius 2 is 2.05 bits per heavy atom. The van der Waals surface area contributed by atoms with Crippen LogP contribution in [0.2, 0.25) is 0 Å². The molecule has 0 N–H and O–H groups in total. The van der Waals surface area contributed by atoms with Crippen molar-refractivity contribution in [1.29, 1.82) is 0 Å². The number of carbonyl (C=O) groups excluding carboxylic acids is 2. The molecule has 22 heavy (non-hydrogen) atoms. The lowest BCUT2D eigenvalue weighted by atomic mass is 9.94. The van der Waals surface area contributed by atoms with E-state index in [0.717, 1.165) is 6.61 Å². The molecule has 1 rings (SSSR count). The molecule has 0 saturated carbocycles. The number of ether oxygens (including phenoxy) is 1. The number of amides is 1. The molecule has 0 aliphatic carbocycles. The van der Waals surface area contributed by atoms with Gasteiger partial charge in [0.05, 0.1) is 6.42 Å².